The number of benzene rings is 1. The van der Waals surface area contributed by atoms with Crippen LogP contribution in [0, 0.1) is 0 Å². The highest BCUT2D eigenvalue weighted by Crippen LogP contribution is 2.15. The van der Waals surface area contributed by atoms with Gasteiger partial charge in [-0.25, -0.2) is 8.42 Å². The molecule has 0 aliphatic rings. The first-order chi connectivity index (χ1) is 10.4. The molecule has 2 aromatic rings. The maximum Gasteiger partial charge on any atom is 0.322 e. The lowest BCUT2D eigenvalue weighted by Crippen LogP contribution is -2.42. The molecular formula is C14H13BrN2O4S. The van der Waals surface area contributed by atoms with Gasteiger partial charge in [-0.05, 0) is 34.0 Å². The van der Waals surface area contributed by atoms with Crippen LogP contribution in [0.5, 0.6) is 0 Å². The van der Waals surface area contributed by atoms with Gasteiger partial charge in [-0.15, -0.1) is 0 Å². The minimum Gasteiger partial charge on any atom is -0.480 e. The molecule has 116 valence electrons. The average molecular weight is 385 g/mol. The molecule has 1 atom stereocenters. The Hall–Kier alpha value is -1.77. The molecule has 0 saturated heterocycles. The number of nitrogens with one attached hydrogen (secondary N) is 1. The van der Waals surface area contributed by atoms with Crippen molar-refractivity contribution in [3.05, 3.63) is 58.8 Å². The minimum atomic E-state index is -3.97. The maximum absolute atomic E-state index is 12.3. The zero-order valence-electron chi connectivity index (χ0n) is 11.3. The molecule has 1 heterocycles. The molecule has 2 N–H and O–H groups in total. The van der Waals surface area contributed by atoms with Crippen LogP contribution in [0.3, 0.4) is 0 Å². The number of aromatic nitrogens is 1. The zero-order valence-corrected chi connectivity index (χ0v) is 13.7. The van der Waals surface area contributed by atoms with Gasteiger partial charge in [0, 0.05) is 16.9 Å². The lowest BCUT2D eigenvalue weighted by atomic mass is 10.1. The Labute approximate surface area is 136 Å². The number of hydrogen-bond acceptors (Lipinski definition) is 4. The van der Waals surface area contributed by atoms with Gasteiger partial charge < -0.3 is 5.11 Å². The van der Waals surface area contributed by atoms with E-state index in [9.17, 15) is 18.3 Å². The smallest absolute Gasteiger partial charge is 0.322 e. The number of carboxylic acids is 1. The maximum atomic E-state index is 12.3. The number of halogens is 1. The third-order valence-electron chi connectivity index (χ3n) is 2.87. The van der Waals surface area contributed by atoms with E-state index in [0.29, 0.717) is 4.47 Å². The molecule has 0 aliphatic heterocycles. The standard InChI is InChI=1S/C14H13BrN2O4S/c15-11-7-12(9-16-8-11)22(20,21)17-13(14(18)19)6-10-4-2-1-3-5-10/h1-5,7-9,13,17H,6H2,(H,18,19). The number of nitrogens with zero attached hydrogens (tertiary/aromatic N) is 1. The number of carbonyl (C=O) groups is 1. The van der Waals surface area contributed by atoms with Gasteiger partial charge in [0.1, 0.15) is 10.9 Å². The summed E-state index contributed by atoms with van der Waals surface area (Å²) in [5.74, 6) is -1.24. The van der Waals surface area contributed by atoms with E-state index >= 15 is 0 Å². The third-order valence-corrected chi connectivity index (χ3v) is 4.74. The fourth-order valence-electron chi connectivity index (χ4n) is 1.82. The van der Waals surface area contributed by atoms with Gasteiger partial charge in [0.2, 0.25) is 10.0 Å². The summed E-state index contributed by atoms with van der Waals surface area (Å²) in [6.45, 7) is 0. The van der Waals surface area contributed by atoms with Crippen LogP contribution in [0.2, 0.25) is 0 Å². The fraction of sp³-hybridized carbons (Fsp3) is 0.143. The van der Waals surface area contributed by atoms with Crippen LogP contribution in [0.15, 0.2) is 58.2 Å². The molecule has 0 aliphatic carbocycles. The molecule has 0 amide bonds. The van der Waals surface area contributed by atoms with Crippen LogP contribution in [0.4, 0.5) is 0 Å². The molecule has 0 bridgehead atoms. The highest BCUT2D eigenvalue weighted by atomic mass is 79.9. The Morgan fingerprint density at radius 2 is 1.95 bits per heavy atom. The van der Waals surface area contributed by atoms with Crippen LogP contribution < -0.4 is 4.72 Å². The first kappa shape index (κ1) is 16.6. The van der Waals surface area contributed by atoms with Gasteiger partial charge in [0.15, 0.2) is 0 Å². The molecule has 6 nitrogen and oxygen atoms in total. The van der Waals surface area contributed by atoms with Crippen molar-refractivity contribution < 1.29 is 18.3 Å². The Morgan fingerprint density at radius 3 is 2.55 bits per heavy atom. The van der Waals surface area contributed by atoms with E-state index in [-0.39, 0.29) is 11.3 Å². The van der Waals surface area contributed by atoms with Crippen molar-refractivity contribution in [2.45, 2.75) is 17.4 Å². The topological polar surface area (TPSA) is 96.4 Å². The van der Waals surface area contributed by atoms with Gasteiger partial charge in [-0.3, -0.25) is 9.78 Å². The SMILES string of the molecule is O=C(O)C(Cc1ccccc1)NS(=O)(=O)c1cncc(Br)c1. The Bertz CT molecular complexity index is 765. The van der Waals surface area contributed by atoms with Gasteiger partial charge in [0.25, 0.3) is 0 Å². The zero-order chi connectivity index (χ0) is 16.2. The van der Waals surface area contributed by atoms with E-state index in [2.05, 4.69) is 25.6 Å². The Balaban J connectivity index is 2.22. The summed E-state index contributed by atoms with van der Waals surface area (Å²) in [5.41, 5.74) is 0.727. The van der Waals surface area contributed by atoms with Crippen LogP contribution >= 0.6 is 15.9 Å². The van der Waals surface area contributed by atoms with Crippen molar-refractivity contribution in [3.63, 3.8) is 0 Å². The molecule has 1 aromatic heterocycles. The van der Waals surface area contributed by atoms with Gasteiger partial charge in [-0.2, -0.15) is 4.72 Å². The molecule has 8 heteroatoms. The van der Waals surface area contributed by atoms with Crippen molar-refractivity contribution in [1.82, 2.24) is 9.71 Å². The number of pyridine rings is 1. The number of rotatable bonds is 6. The lowest BCUT2D eigenvalue weighted by molar-refractivity contribution is -0.138. The summed E-state index contributed by atoms with van der Waals surface area (Å²) >= 11 is 3.13. The second-order valence-electron chi connectivity index (χ2n) is 4.54. The first-order valence-corrected chi connectivity index (χ1v) is 8.56. The highest BCUT2D eigenvalue weighted by Gasteiger charge is 2.26. The predicted octanol–water partition coefficient (Wildman–Crippen LogP) is 1.82. The number of carboxylic acid groups (broad SMARTS) is 1. The number of hydrogen-bond donors (Lipinski definition) is 2. The van der Waals surface area contributed by atoms with Gasteiger partial charge in [-0.1, -0.05) is 30.3 Å². The summed E-state index contributed by atoms with van der Waals surface area (Å²) in [6.07, 6.45) is 2.66. The van der Waals surface area contributed by atoms with Crippen molar-refractivity contribution in [1.29, 1.82) is 0 Å². The fourth-order valence-corrected chi connectivity index (χ4v) is 3.52. The first-order valence-electron chi connectivity index (χ1n) is 6.28. The quantitative estimate of drug-likeness (QED) is 0.791. The monoisotopic (exact) mass is 384 g/mol. The molecule has 22 heavy (non-hydrogen) atoms. The second-order valence-corrected chi connectivity index (χ2v) is 7.17. The highest BCUT2D eigenvalue weighted by molar-refractivity contribution is 9.10. The molecule has 1 unspecified atom stereocenters. The Kier molecular flexibility index (Phi) is 5.28. The van der Waals surface area contributed by atoms with Crippen molar-refractivity contribution >= 4 is 31.9 Å². The summed E-state index contributed by atoms with van der Waals surface area (Å²) in [6, 6.07) is 8.91. The lowest BCUT2D eigenvalue weighted by Gasteiger charge is -2.15. The second kappa shape index (κ2) is 6.99. The molecule has 0 spiro atoms. The molecule has 2 rings (SSSR count). The van der Waals surface area contributed by atoms with Crippen molar-refractivity contribution in [2.24, 2.45) is 0 Å². The summed E-state index contributed by atoms with van der Waals surface area (Å²) in [7, 11) is -3.97. The van der Waals surface area contributed by atoms with Crippen molar-refractivity contribution in [2.75, 3.05) is 0 Å². The number of aliphatic carboxylic acids is 1. The normalized spacial score (nSPS) is 12.8. The van der Waals surface area contributed by atoms with Crippen LogP contribution in [-0.2, 0) is 21.2 Å². The minimum absolute atomic E-state index is 0.0524. The summed E-state index contributed by atoms with van der Waals surface area (Å²) < 4.78 is 27.2. The van der Waals surface area contributed by atoms with E-state index < -0.39 is 22.0 Å². The molecule has 1 aromatic carbocycles. The largest absolute Gasteiger partial charge is 0.480 e. The molecular weight excluding hydrogens is 372 g/mol. The molecule has 0 radical (unpaired) electrons. The summed E-state index contributed by atoms with van der Waals surface area (Å²) in [4.78, 5) is 15.0. The molecule has 0 saturated carbocycles. The van der Waals surface area contributed by atoms with Gasteiger partial charge >= 0.3 is 5.97 Å². The number of sulfonamides is 1. The van der Waals surface area contributed by atoms with E-state index in [0.717, 1.165) is 11.8 Å². The predicted molar refractivity (Wildman–Crippen MR) is 83.8 cm³/mol. The van der Waals surface area contributed by atoms with Crippen molar-refractivity contribution in [3.8, 4) is 0 Å². The molecule has 0 fully saturated rings. The van der Waals surface area contributed by atoms with E-state index in [1.807, 2.05) is 0 Å². The van der Waals surface area contributed by atoms with E-state index in [1.54, 1.807) is 30.3 Å². The van der Waals surface area contributed by atoms with Gasteiger partial charge in [0.05, 0.1) is 0 Å². The van der Waals surface area contributed by atoms with Crippen LogP contribution in [0.25, 0.3) is 0 Å². The Morgan fingerprint density at radius 1 is 1.27 bits per heavy atom. The summed E-state index contributed by atoms with van der Waals surface area (Å²) in [5, 5.41) is 9.25. The average Bonchev–Trinajstić information content (AvgIpc) is 2.47. The van der Waals surface area contributed by atoms with E-state index in [4.69, 9.17) is 0 Å². The van der Waals surface area contributed by atoms with Crippen LogP contribution in [0.1, 0.15) is 5.56 Å². The third kappa shape index (κ3) is 4.36. The van der Waals surface area contributed by atoms with E-state index in [1.165, 1.54) is 12.3 Å². The van der Waals surface area contributed by atoms with Crippen LogP contribution in [-0.4, -0.2) is 30.5 Å².